The molecule has 0 aliphatic carbocycles. The van der Waals surface area contributed by atoms with Crippen LogP contribution in [0.4, 0.5) is 0 Å². The summed E-state index contributed by atoms with van der Waals surface area (Å²) in [4.78, 5) is 12.0. The van der Waals surface area contributed by atoms with Gasteiger partial charge in [-0.1, -0.05) is 38.1 Å². The summed E-state index contributed by atoms with van der Waals surface area (Å²) in [5.41, 5.74) is 2.66. The first-order valence-corrected chi connectivity index (χ1v) is 7.74. The van der Waals surface area contributed by atoms with Crippen LogP contribution in [0, 0.1) is 5.92 Å². The summed E-state index contributed by atoms with van der Waals surface area (Å²) in [7, 11) is 0. The second kappa shape index (κ2) is 7.44. The quantitative estimate of drug-likeness (QED) is 0.866. The summed E-state index contributed by atoms with van der Waals surface area (Å²) < 4.78 is 0. The minimum atomic E-state index is 0.159. The first-order chi connectivity index (χ1) is 9.66. The van der Waals surface area contributed by atoms with E-state index in [-0.39, 0.29) is 11.8 Å². The summed E-state index contributed by atoms with van der Waals surface area (Å²) in [5, 5.41) is 6.34. The molecule has 2 rings (SSSR count). The van der Waals surface area contributed by atoms with Gasteiger partial charge in [0, 0.05) is 13.1 Å². The number of carbonyl (C=O) groups is 1. The number of benzene rings is 1. The van der Waals surface area contributed by atoms with Gasteiger partial charge in [0.1, 0.15) is 0 Å². The van der Waals surface area contributed by atoms with Crippen LogP contribution in [-0.2, 0) is 11.2 Å². The molecule has 1 aromatic rings. The van der Waals surface area contributed by atoms with Crippen LogP contribution in [0.25, 0.3) is 0 Å². The van der Waals surface area contributed by atoms with Crippen molar-refractivity contribution in [2.24, 2.45) is 5.92 Å². The van der Waals surface area contributed by atoms with Gasteiger partial charge in [0.2, 0.25) is 5.91 Å². The molecule has 20 heavy (non-hydrogen) atoms. The zero-order valence-electron chi connectivity index (χ0n) is 12.6. The van der Waals surface area contributed by atoms with Crippen molar-refractivity contribution in [1.29, 1.82) is 0 Å². The molecule has 1 aromatic carbocycles. The molecule has 0 radical (unpaired) electrons. The van der Waals surface area contributed by atoms with E-state index < -0.39 is 0 Å². The van der Waals surface area contributed by atoms with E-state index in [0.29, 0.717) is 5.92 Å². The van der Waals surface area contributed by atoms with E-state index in [1.165, 1.54) is 11.1 Å². The first kappa shape index (κ1) is 15.0. The molecular weight excluding hydrogens is 248 g/mol. The Morgan fingerprint density at radius 2 is 2.10 bits per heavy atom. The number of piperidine rings is 1. The van der Waals surface area contributed by atoms with E-state index in [0.717, 1.165) is 38.9 Å². The Balaban J connectivity index is 1.73. The minimum absolute atomic E-state index is 0.159. The van der Waals surface area contributed by atoms with Gasteiger partial charge in [-0.3, -0.25) is 4.79 Å². The Morgan fingerprint density at radius 1 is 1.35 bits per heavy atom. The van der Waals surface area contributed by atoms with Crippen LogP contribution >= 0.6 is 0 Å². The Labute approximate surface area is 122 Å². The number of amides is 1. The van der Waals surface area contributed by atoms with Crippen molar-refractivity contribution in [2.75, 3.05) is 19.6 Å². The normalized spacial score (nSPS) is 19.1. The van der Waals surface area contributed by atoms with Gasteiger partial charge >= 0.3 is 0 Å². The average molecular weight is 274 g/mol. The lowest BCUT2D eigenvalue weighted by Gasteiger charge is -2.21. The summed E-state index contributed by atoms with van der Waals surface area (Å²) in [6.45, 7) is 7.01. The number of hydrogen-bond donors (Lipinski definition) is 2. The highest BCUT2D eigenvalue weighted by atomic mass is 16.1. The fraction of sp³-hybridized carbons (Fsp3) is 0.588. The highest BCUT2D eigenvalue weighted by molar-refractivity contribution is 5.78. The van der Waals surface area contributed by atoms with Crippen molar-refractivity contribution in [3.8, 4) is 0 Å². The van der Waals surface area contributed by atoms with Crippen LogP contribution < -0.4 is 10.6 Å². The van der Waals surface area contributed by atoms with Crippen molar-refractivity contribution in [2.45, 2.75) is 39.0 Å². The van der Waals surface area contributed by atoms with Gasteiger partial charge in [-0.25, -0.2) is 0 Å². The summed E-state index contributed by atoms with van der Waals surface area (Å²) in [6, 6.07) is 8.72. The molecule has 1 aliphatic rings. The maximum absolute atomic E-state index is 12.0. The maximum Gasteiger partial charge on any atom is 0.224 e. The third-order valence-electron chi connectivity index (χ3n) is 4.03. The molecule has 1 fully saturated rings. The van der Waals surface area contributed by atoms with E-state index in [1.54, 1.807) is 0 Å². The Morgan fingerprint density at radius 3 is 2.70 bits per heavy atom. The molecule has 1 saturated heterocycles. The lowest BCUT2D eigenvalue weighted by molar-refractivity contribution is -0.125. The molecule has 1 aliphatic heterocycles. The molecule has 0 saturated carbocycles. The van der Waals surface area contributed by atoms with Gasteiger partial charge in [-0.2, -0.15) is 0 Å². The SMILES string of the molecule is CC(C)c1ccc(CCNC(=O)C2CCCNC2)cc1. The molecule has 0 bridgehead atoms. The summed E-state index contributed by atoms with van der Waals surface area (Å²) in [6.07, 6.45) is 3.03. The largest absolute Gasteiger partial charge is 0.355 e. The predicted octanol–water partition coefficient (Wildman–Crippen LogP) is 2.47. The molecule has 2 N–H and O–H groups in total. The highest BCUT2D eigenvalue weighted by Gasteiger charge is 2.20. The van der Waals surface area contributed by atoms with Crippen LogP contribution in [-0.4, -0.2) is 25.5 Å². The molecule has 0 aromatic heterocycles. The Bertz CT molecular complexity index is 419. The first-order valence-electron chi connectivity index (χ1n) is 7.74. The molecule has 1 amide bonds. The van der Waals surface area contributed by atoms with E-state index in [1.807, 2.05) is 0 Å². The Hall–Kier alpha value is -1.35. The standard InChI is InChI=1S/C17H26N2O/c1-13(2)15-7-5-14(6-8-15)9-11-19-17(20)16-4-3-10-18-12-16/h5-8,13,16,18H,3-4,9-12H2,1-2H3,(H,19,20). The fourth-order valence-corrected chi connectivity index (χ4v) is 2.62. The molecule has 1 heterocycles. The second-order valence-corrected chi connectivity index (χ2v) is 5.98. The van der Waals surface area contributed by atoms with Crippen LogP contribution in [0.2, 0.25) is 0 Å². The molecule has 0 spiro atoms. The van der Waals surface area contributed by atoms with Gasteiger partial charge in [0.05, 0.1) is 5.92 Å². The molecule has 3 heteroatoms. The number of rotatable bonds is 5. The van der Waals surface area contributed by atoms with Crippen LogP contribution in [0.1, 0.15) is 43.7 Å². The van der Waals surface area contributed by atoms with E-state index in [2.05, 4.69) is 48.7 Å². The van der Waals surface area contributed by atoms with Gasteiger partial charge < -0.3 is 10.6 Å². The molecule has 1 unspecified atom stereocenters. The predicted molar refractivity (Wildman–Crippen MR) is 82.8 cm³/mol. The zero-order valence-corrected chi connectivity index (χ0v) is 12.6. The van der Waals surface area contributed by atoms with Crippen LogP contribution in [0.15, 0.2) is 24.3 Å². The smallest absolute Gasteiger partial charge is 0.224 e. The van der Waals surface area contributed by atoms with Crippen molar-refractivity contribution < 1.29 is 4.79 Å². The molecule has 3 nitrogen and oxygen atoms in total. The monoisotopic (exact) mass is 274 g/mol. The van der Waals surface area contributed by atoms with Crippen molar-refractivity contribution in [3.63, 3.8) is 0 Å². The summed E-state index contributed by atoms with van der Waals surface area (Å²) >= 11 is 0. The maximum atomic E-state index is 12.0. The van der Waals surface area contributed by atoms with E-state index in [9.17, 15) is 4.79 Å². The Kier molecular flexibility index (Phi) is 5.60. The molecular formula is C17H26N2O. The van der Waals surface area contributed by atoms with Crippen molar-refractivity contribution >= 4 is 5.91 Å². The van der Waals surface area contributed by atoms with Gasteiger partial charge in [0.25, 0.3) is 0 Å². The lowest BCUT2D eigenvalue weighted by Crippen LogP contribution is -2.41. The minimum Gasteiger partial charge on any atom is -0.355 e. The van der Waals surface area contributed by atoms with Crippen LogP contribution in [0.5, 0.6) is 0 Å². The third-order valence-corrected chi connectivity index (χ3v) is 4.03. The fourth-order valence-electron chi connectivity index (χ4n) is 2.62. The number of carbonyl (C=O) groups excluding carboxylic acids is 1. The van der Waals surface area contributed by atoms with Crippen LogP contribution in [0.3, 0.4) is 0 Å². The highest BCUT2D eigenvalue weighted by Crippen LogP contribution is 2.15. The topological polar surface area (TPSA) is 41.1 Å². The van der Waals surface area contributed by atoms with Crippen molar-refractivity contribution in [1.82, 2.24) is 10.6 Å². The van der Waals surface area contributed by atoms with Gasteiger partial charge in [-0.15, -0.1) is 0 Å². The molecule has 1 atom stereocenters. The second-order valence-electron chi connectivity index (χ2n) is 5.98. The van der Waals surface area contributed by atoms with E-state index in [4.69, 9.17) is 0 Å². The van der Waals surface area contributed by atoms with Crippen molar-refractivity contribution in [3.05, 3.63) is 35.4 Å². The lowest BCUT2D eigenvalue weighted by atomic mass is 9.98. The number of nitrogens with one attached hydrogen (secondary N) is 2. The zero-order chi connectivity index (χ0) is 14.4. The summed E-state index contributed by atoms with van der Waals surface area (Å²) in [5.74, 6) is 0.936. The van der Waals surface area contributed by atoms with Gasteiger partial charge in [-0.05, 0) is 42.9 Å². The average Bonchev–Trinajstić information content (AvgIpc) is 2.48. The third kappa shape index (κ3) is 4.34. The number of hydrogen-bond acceptors (Lipinski definition) is 2. The van der Waals surface area contributed by atoms with Gasteiger partial charge in [0.15, 0.2) is 0 Å². The van der Waals surface area contributed by atoms with E-state index >= 15 is 0 Å². The molecule has 110 valence electrons.